The second kappa shape index (κ2) is 7.61. The summed E-state index contributed by atoms with van der Waals surface area (Å²) >= 11 is 14.2. The molecule has 0 spiro atoms. The SMILES string of the molecule is COc1cc(O)cc(OC)c1[C@H]1C2=CC[C@@H]3C(=O)N(C)C(=O)[C@@H]3[C@@H]2C[C@@]2(Cl)C(=O)N(C)C(=O)[C@@]12Cl. The smallest absolute Gasteiger partial charge is 0.253 e. The summed E-state index contributed by atoms with van der Waals surface area (Å²) in [5.74, 6) is -4.79. The standard InChI is InChI=1S/C24H24Cl2N2O7/c1-27-19(30)12-6-5-11-13(16(12)20(27)31)9-23(25)21(32)28(2)22(33)24(23,26)18(11)17-14(34-3)7-10(29)8-15(17)35-4/h5,7-8,12-13,16,18,29H,6,9H2,1-4H3/t12-,13+,16-,18+,23+,24-/m0/s1. The van der Waals surface area contributed by atoms with Crippen LogP contribution in [-0.4, -0.2) is 76.6 Å². The van der Waals surface area contributed by atoms with Crippen molar-refractivity contribution in [1.29, 1.82) is 0 Å². The first-order valence-electron chi connectivity index (χ1n) is 11.1. The molecule has 9 nitrogen and oxygen atoms in total. The molecule has 1 aromatic carbocycles. The Balaban J connectivity index is 1.82. The van der Waals surface area contributed by atoms with E-state index in [1.165, 1.54) is 40.4 Å². The normalized spacial score (nSPS) is 36.1. The molecule has 0 unspecified atom stereocenters. The van der Waals surface area contributed by atoms with Crippen molar-refractivity contribution in [2.45, 2.75) is 28.5 Å². The van der Waals surface area contributed by atoms with Crippen molar-refractivity contribution >= 4 is 46.8 Å². The summed E-state index contributed by atoms with van der Waals surface area (Å²) in [6.07, 6.45) is 2.00. The predicted octanol–water partition coefficient (Wildman–Crippen LogP) is 2.03. The van der Waals surface area contributed by atoms with Gasteiger partial charge in [0.05, 0.1) is 26.1 Å². The highest BCUT2D eigenvalue weighted by Gasteiger charge is 2.76. The van der Waals surface area contributed by atoms with Crippen LogP contribution in [0.5, 0.6) is 17.2 Å². The quantitative estimate of drug-likeness (QED) is 0.367. The number of likely N-dealkylation sites (tertiary alicyclic amines) is 2. The minimum absolute atomic E-state index is 0.0912. The fraction of sp³-hybridized carbons (Fsp3) is 0.500. The highest BCUT2D eigenvalue weighted by molar-refractivity contribution is 6.53. The van der Waals surface area contributed by atoms with E-state index in [1.54, 1.807) is 0 Å². The fourth-order valence-electron chi connectivity index (χ4n) is 6.43. The second-order valence-corrected chi connectivity index (χ2v) is 10.7. The largest absolute Gasteiger partial charge is 0.508 e. The van der Waals surface area contributed by atoms with Gasteiger partial charge in [0, 0.05) is 37.7 Å². The van der Waals surface area contributed by atoms with E-state index in [1.807, 2.05) is 6.08 Å². The lowest BCUT2D eigenvalue weighted by Gasteiger charge is -2.51. The number of amides is 4. The van der Waals surface area contributed by atoms with Gasteiger partial charge >= 0.3 is 0 Å². The Kier molecular flexibility index (Phi) is 5.20. The number of hydrogen-bond donors (Lipinski definition) is 1. The van der Waals surface area contributed by atoms with E-state index in [0.717, 1.165) is 9.80 Å². The van der Waals surface area contributed by atoms with Gasteiger partial charge in [-0.1, -0.05) is 11.6 Å². The van der Waals surface area contributed by atoms with Crippen LogP contribution in [0, 0.1) is 17.8 Å². The number of carbonyl (C=O) groups excluding carboxylic acids is 4. The Morgan fingerprint density at radius 1 is 0.943 bits per heavy atom. The second-order valence-electron chi connectivity index (χ2n) is 9.50. The summed E-state index contributed by atoms with van der Waals surface area (Å²) in [5.41, 5.74) is 0.941. The van der Waals surface area contributed by atoms with E-state index in [-0.39, 0.29) is 41.9 Å². The number of methoxy groups -OCH3 is 2. The van der Waals surface area contributed by atoms with Crippen LogP contribution in [0.4, 0.5) is 0 Å². The van der Waals surface area contributed by atoms with Crippen LogP contribution in [0.15, 0.2) is 23.8 Å². The van der Waals surface area contributed by atoms with Gasteiger partial charge in [0.2, 0.25) is 11.8 Å². The number of alkyl halides is 2. The molecule has 0 radical (unpaired) electrons. The number of imide groups is 2. The maximum Gasteiger partial charge on any atom is 0.253 e. The van der Waals surface area contributed by atoms with Crippen LogP contribution < -0.4 is 9.47 Å². The van der Waals surface area contributed by atoms with Crippen molar-refractivity contribution in [3.63, 3.8) is 0 Å². The Morgan fingerprint density at radius 3 is 2.11 bits per heavy atom. The molecule has 1 saturated carbocycles. The van der Waals surface area contributed by atoms with Crippen molar-refractivity contribution in [2.75, 3.05) is 28.3 Å². The van der Waals surface area contributed by atoms with Crippen molar-refractivity contribution in [2.24, 2.45) is 17.8 Å². The summed E-state index contributed by atoms with van der Waals surface area (Å²) in [4.78, 5) is 51.1. The van der Waals surface area contributed by atoms with Gasteiger partial charge in [-0.3, -0.25) is 29.0 Å². The third-order valence-corrected chi connectivity index (χ3v) is 9.47. The lowest BCUT2D eigenvalue weighted by Crippen LogP contribution is -2.60. The molecular formula is C24H24Cl2N2O7. The van der Waals surface area contributed by atoms with Crippen LogP contribution in [0.3, 0.4) is 0 Å². The maximum absolute atomic E-state index is 13.6. The number of ether oxygens (including phenoxy) is 2. The van der Waals surface area contributed by atoms with Gasteiger partial charge in [-0.15, -0.1) is 23.2 Å². The van der Waals surface area contributed by atoms with Crippen LogP contribution >= 0.6 is 23.2 Å². The van der Waals surface area contributed by atoms with Gasteiger partial charge in [0.25, 0.3) is 11.8 Å². The van der Waals surface area contributed by atoms with E-state index >= 15 is 0 Å². The lowest BCUT2D eigenvalue weighted by atomic mass is 9.56. The summed E-state index contributed by atoms with van der Waals surface area (Å²) in [7, 11) is 5.54. The third kappa shape index (κ3) is 2.76. The van der Waals surface area contributed by atoms with Crippen LogP contribution in [0.25, 0.3) is 0 Å². The molecule has 2 heterocycles. The number of nitrogens with zero attached hydrogens (tertiary/aromatic N) is 2. The minimum Gasteiger partial charge on any atom is -0.508 e. The molecule has 4 amide bonds. The lowest BCUT2D eigenvalue weighted by molar-refractivity contribution is -0.140. The minimum atomic E-state index is -1.97. The number of carbonyl (C=O) groups is 4. The van der Waals surface area contributed by atoms with Gasteiger partial charge in [0.1, 0.15) is 17.2 Å². The molecule has 1 aromatic rings. The molecule has 186 valence electrons. The summed E-state index contributed by atoms with van der Waals surface area (Å²) in [5, 5.41) is 10.2. The number of rotatable bonds is 3. The summed E-state index contributed by atoms with van der Waals surface area (Å²) in [6, 6.07) is 2.71. The van der Waals surface area contributed by atoms with Crippen molar-refractivity contribution in [3.8, 4) is 17.2 Å². The zero-order chi connectivity index (χ0) is 25.6. The topological polar surface area (TPSA) is 113 Å². The summed E-state index contributed by atoms with van der Waals surface area (Å²) in [6.45, 7) is 0. The van der Waals surface area contributed by atoms with E-state index < -0.39 is 45.2 Å². The molecule has 11 heteroatoms. The van der Waals surface area contributed by atoms with E-state index in [9.17, 15) is 24.3 Å². The number of aromatic hydroxyl groups is 1. The van der Waals surface area contributed by atoms with Crippen LogP contribution in [0.1, 0.15) is 24.3 Å². The molecule has 2 aliphatic heterocycles. The first kappa shape index (κ1) is 23.9. The Morgan fingerprint density at radius 2 is 1.54 bits per heavy atom. The van der Waals surface area contributed by atoms with Gasteiger partial charge in [-0.2, -0.15) is 0 Å². The number of halogens is 2. The van der Waals surface area contributed by atoms with Crippen LogP contribution in [-0.2, 0) is 19.2 Å². The molecule has 0 bridgehead atoms. The maximum atomic E-state index is 13.6. The molecule has 4 aliphatic rings. The highest BCUT2D eigenvalue weighted by atomic mass is 35.5. The number of benzene rings is 1. The number of phenols is 1. The molecular weight excluding hydrogens is 499 g/mol. The number of allylic oxidation sites excluding steroid dienone is 2. The zero-order valence-corrected chi connectivity index (χ0v) is 21.0. The fourth-order valence-corrected chi connectivity index (χ4v) is 7.43. The van der Waals surface area contributed by atoms with Gasteiger partial charge < -0.3 is 14.6 Å². The van der Waals surface area contributed by atoms with E-state index in [4.69, 9.17) is 32.7 Å². The zero-order valence-electron chi connectivity index (χ0n) is 19.5. The Bertz CT molecular complexity index is 1210. The average Bonchev–Trinajstić information content (AvgIpc) is 3.13. The molecule has 35 heavy (non-hydrogen) atoms. The van der Waals surface area contributed by atoms with Gasteiger partial charge in [-0.25, -0.2) is 0 Å². The Labute approximate surface area is 211 Å². The van der Waals surface area contributed by atoms with E-state index in [0.29, 0.717) is 11.1 Å². The summed E-state index contributed by atoms with van der Waals surface area (Å²) < 4.78 is 11.1. The molecule has 0 aromatic heterocycles. The van der Waals surface area contributed by atoms with Gasteiger partial charge in [-0.05, 0) is 18.8 Å². The van der Waals surface area contributed by atoms with Crippen molar-refractivity contribution in [3.05, 3.63) is 29.3 Å². The molecule has 2 saturated heterocycles. The number of phenolic OH excluding ortho intramolecular Hbond substituents is 1. The van der Waals surface area contributed by atoms with E-state index in [2.05, 4.69) is 0 Å². The van der Waals surface area contributed by atoms with Crippen molar-refractivity contribution < 1.29 is 33.8 Å². The monoisotopic (exact) mass is 522 g/mol. The third-order valence-electron chi connectivity index (χ3n) is 8.05. The van der Waals surface area contributed by atoms with Crippen LogP contribution in [0.2, 0.25) is 0 Å². The predicted molar refractivity (Wildman–Crippen MR) is 124 cm³/mol. The molecule has 3 fully saturated rings. The number of fused-ring (bicyclic) bond motifs is 4. The average molecular weight is 523 g/mol. The van der Waals surface area contributed by atoms with Gasteiger partial charge in [0.15, 0.2) is 9.75 Å². The number of hydrogen-bond acceptors (Lipinski definition) is 7. The molecule has 1 N–H and O–H groups in total. The first-order chi connectivity index (χ1) is 16.4. The molecule has 6 atom stereocenters. The van der Waals surface area contributed by atoms with Crippen molar-refractivity contribution in [1.82, 2.24) is 9.80 Å². The molecule has 2 aliphatic carbocycles. The Hall–Kier alpha value is -2.78. The highest BCUT2D eigenvalue weighted by Crippen LogP contribution is 2.67. The first-order valence-corrected chi connectivity index (χ1v) is 11.9. The molecule has 5 rings (SSSR count).